The maximum atomic E-state index is 11.0. The van der Waals surface area contributed by atoms with E-state index >= 15 is 0 Å². The van der Waals surface area contributed by atoms with Crippen molar-refractivity contribution in [2.45, 2.75) is 13.5 Å². The second-order valence-corrected chi connectivity index (χ2v) is 4.18. The van der Waals surface area contributed by atoms with Crippen molar-refractivity contribution < 1.29 is 19.1 Å². The molecule has 5 heteroatoms. The van der Waals surface area contributed by atoms with Crippen molar-refractivity contribution in [3.8, 4) is 5.75 Å². The summed E-state index contributed by atoms with van der Waals surface area (Å²) in [5, 5.41) is 9.43. The molecule has 0 saturated carbocycles. The molecular weight excluding hydrogens is 256 g/mol. The summed E-state index contributed by atoms with van der Waals surface area (Å²) in [6.45, 7) is 1.99. The van der Waals surface area contributed by atoms with Crippen LogP contribution in [-0.4, -0.2) is 11.1 Å². The van der Waals surface area contributed by atoms with Gasteiger partial charge in [0.2, 0.25) is 0 Å². The first-order chi connectivity index (χ1) is 8.56. The summed E-state index contributed by atoms with van der Waals surface area (Å²) in [5.74, 6) is 0.573. The van der Waals surface area contributed by atoms with Gasteiger partial charge in [0.05, 0.1) is 0 Å². The van der Waals surface area contributed by atoms with Gasteiger partial charge in [-0.1, -0.05) is 11.6 Å². The van der Waals surface area contributed by atoms with Gasteiger partial charge in [-0.2, -0.15) is 0 Å². The molecule has 0 radical (unpaired) electrons. The lowest BCUT2D eigenvalue weighted by Crippen LogP contribution is -2.02. The van der Waals surface area contributed by atoms with Crippen molar-refractivity contribution in [2.75, 3.05) is 0 Å². The summed E-state index contributed by atoms with van der Waals surface area (Å²) in [4.78, 5) is 11.0. The third-order valence-electron chi connectivity index (χ3n) is 2.34. The number of furan rings is 1. The number of hydrogen-bond acceptors (Lipinski definition) is 3. The molecule has 0 spiro atoms. The molecular formula is C13H11ClO4. The van der Waals surface area contributed by atoms with Gasteiger partial charge < -0.3 is 14.3 Å². The average molecular weight is 267 g/mol. The van der Waals surface area contributed by atoms with E-state index in [1.165, 1.54) is 18.2 Å². The lowest BCUT2D eigenvalue weighted by molar-refractivity contribution is 0.0691. The summed E-state index contributed by atoms with van der Waals surface area (Å²) in [6, 6.07) is 7.98. The maximum Gasteiger partial charge on any atom is 0.339 e. The number of aromatic carboxylic acids is 1. The molecule has 0 amide bonds. The lowest BCUT2D eigenvalue weighted by atomic mass is 10.2. The van der Waals surface area contributed by atoms with Gasteiger partial charge in [0.25, 0.3) is 0 Å². The highest BCUT2D eigenvalue weighted by molar-refractivity contribution is 6.30. The minimum Gasteiger partial charge on any atom is -0.485 e. The SMILES string of the molecule is Cc1ccc(COc2cc(Cl)ccc2C(=O)O)o1. The average Bonchev–Trinajstić information content (AvgIpc) is 2.72. The van der Waals surface area contributed by atoms with Gasteiger partial charge >= 0.3 is 5.97 Å². The normalized spacial score (nSPS) is 10.3. The highest BCUT2D eigenvalue weighted by Crippen LogP contribution is 2.24. The molecule has 2 aromatic rings. The van der Waals surface area contributed by atoms with Crippen molar-refractivity contribution in [1.82, 2.24) is 0 Å². The standard InChI is InChI=1S/C13H11ClO4/c1-8-2-4-10(18-8)7-17-12-6-9(14)3-5-11(12)13(15)16/h2-6H,7H2,1H3,(H,15,16). The van der Waals surface area contributed by atoms with E-state index in [9.17, 15) is 4.79 Å². The number of carboxylic acid groups (broad SMARTS) is 1. The van der Waals surface area contributed by atoms with E-state index in [0.717, 1.165) is 5.76 Å². The second kappa shape index (κ2) is 5.14. The van der Waals surface area contributed by atoms with Crippen molar-refractivity contribution >= 4 is 17.6 Å². The minimum atomic E-state index is -1.06. The van der Waals surface area contributed by atoms with Crippen LogP contribution < -0.4 is 4.74 Å². The largest absolute Gasteiger partial charge is 0.485 e. The summed E-state index contributed by atoms with van der Waals surface area (Å²) in [7, 11) is 0. The Bertz CT molecular complexity index is 574. The first-order valence-corrected chi connectivity index (χ1v) is 5.65. The molecule has 1 aromatic carbocycles. The molecule has 0 bridgehead atoms. The van der Waals surface area contributed by atoms with Gasteiger partial charge in [0.1, 0.15) is 29.4 Å². The lowest BCUT2D eigenvalue weighted by Gasteiger charge is -2.08. The number of carboxylic acids is 1. The van der Waals surface area contributed by atoms with E-state index in [4.69, 9.17) is 25.9 Å². The van der Waals surface area contributed by atoms with Crippen LogP contribution in [-0.2, 0) is 6.61 Å². The molecule has 0 aliphatic rings. The van der Waals surface area contributed by atoms with Crippen molar-refractivity contribution in [3.63, 3.8) is 0 Å². The van der Waals surface area contributed by atoms with E-state index < -0.39 is 5.97 Å². The zero-order chi connectivity index (χ0) is 13.1. The minimum absolute atomic E-state index is 0.0719. The predicted molar refractivity (Wildman–Crippen MR) is 66.2 cm³/mol. The van der Waals surface area contributed by atoms with Crippen LogP contribution in [0.4, 0.5) is 0 Å². The van der Waals surface area contributed by atoms with Crippen molar-refractivity contribution in [3.05, 3.63) is 52.4 Å². The zero-order valence-electron chi connectivity index (χ0n) is 9.64. The third kappa shape index (κ3) is 2.84. The number of rotatable bonds is 4. The maximum absolute atomic E-state index is 11.0. The van der Waals surface area contributed by atoms with Crippen molar-refractivity contribution in [1.29, 1.82) is 0 Å². The van der Waals surface area contributed by atoms with Gasteiger partial charge in [0, 0.05) is 5.02 Å². The number of aryl methyl sites for hydroxylation is 1. The Kier molecular flexibility index (Phi) is 3.58. The van der Waals surface area contributed by atoms with E-state index in [1.54, 1.807) is 6.07 Å². The number of carbonyl (C=O) groups is 1. The third-order valence-corrected chi connectivity index (χ3v) is 2.58. The van der Waals surface area contributed by atoms with Crippen molar-refractivity contribution in [2.24, 2.45) is 0 Å². The van der Waals surface area contributed by atoms with Gasteiger partial charge in [0.15, 0.2) is 0 Å². The number of hydrogen-bond donors (Lipinski definition) is 1. The zero-order valence-corrected chi connectivity index (χ0v) is 10.4. The van der Waals surface area contributed by atoms with Gasteiger partial charge in [-0.05, 0) is 37.3 Å². The Hall–Kier alpha value is -1.94. The highest BCUT2D eigenvalue weighted by Gasteiger charge is 2.12. The number of halogens is 1. The number of benzene rings is 1. The molecule has 2 rings (SSSR count). The Morgan fingerprint density at radius 2 is 2.17 bits per heavy atom. The Morgan fingerprint density at radius 1 is 1.39 bits per heavy atom. The van der Waals surface area contributed by atoms with Gasteiger partial charge in [-0.15, -0.1) is 0 Å². The molecule has 1 heterocycles. The van der Waals surface area contributed by atoms with Gasteiger partial charge in [-0.3, -0.25) is 0 Å². The molecule has 0 saturated heterocycles. The smallest absolute Gasteiger partial charge is 0.339 e. The first-order valence-electron chi connectivity index (χ1n) is 5.27. The molecule has 0 aliphatic heterocycles. The van der Waals surface area contributed by atoms with E-state index in [2.05, 4.69) is 0 Å². The summed E-state index contributed by atoms with van der Waals surface area (Å²) >= 11 is 5.81. The monoisotopic (exact) mass is 266 g/mol. The highest BCUT2D eigenvalue weighted by atomic mass is 35.5. The molecule has 94 valence electrons. The topological polar surface area (TPSA) is 59.7 Å². The molecule has 18 heavy (non-hydrogen) atoms. The molecule has 1 N–H and O–H groups in total. The van der Waals surface area contributed by atoms with Gasteiger partial charge in [-0.25, -0.2) is 4.79 Å². The molecule has 4 nitrogen and oxygen atoms in total. The number of ether oxygens (including phenoxy) is 1. The Balaban J connectivity index is 2.17. The van der Waals surface area contributed by atoms with Crippen LogP contribution in [0.2, 0.25) is 5.02 Å². The molecule has 0 fully saturated rings. The van der Waals surface area contributed by atoms with E-state index in [1.807, 2.05) is 13.0 Å². The Labute approximate surface area is 109 Å². The van der Waals surface area contributed by atoms with Crippen LogP contribution in [0.3, 0.4) is 0 Å². The quantitative estimate of drug-likeness (QED) is 0.920. The second-order valence-electron chi connectivity index (χ2n) is 3.75. The predicted octanol–water partition coefficient (Wildman–Crippen LogP) is 3.52. The van der Waals surface area contributed by atoms with Crippen LogP contribution in [0.15, 0.2) is 34.7 Å². The molecule has 1 aromatic heterocycles. The fourth-order valence-electron chi connectivity index (χ4n) is 1.50. The van der Waals surface area contributed by atoms with Crippen LogP contribution in [0.5, 0.6) is 5.75 Å². The summed E-state index contributed by atoms with van der Waals surface area (Å²) in [6.07, 6.45) is 0. The van der Waals surface area contributed by atoms with Crippen LogP contribution in [0.25, 0.3) is 0 Å². The molecule has 0 unspecified atom stereocenters. The van der Waals surface area contributed by atoms with E-state index in [0.29, 0.717) is 10.8 Å². The fourth-order valence-corrected chi connectivity index (χ4v) is 1.67. The Morgan fingerprint density at radius 3 is 2.78 bits per heavy atom. The van der Waals surface area contributed by atoms with E-state index in [-0.39, 0.29) is 17.9 Å². The van der Waals surface area contributed by atoms with Crippen LogP contribution >= 0.6 is 11.6 Å². The van der Waals surface area contributed by atoms with Crippen LogP contribution in [0.1, 0.15) is 21.9 Å². The molecule has 0 aliphatic carbocycles. The summed E-state index contributed by atoms with van der Waals surface area (Å²) < 4.78 is 10.8. The first kappa shape index (κ1) is 12.5. The fraction of sp³-hybridized carbons (Fsp3) is 0.154. The van der Waals surface area contributed by atoms with Crippen LogP contribution in [0, 0.1) is 6.92 Å². The molecule has 0 atom stereocenters. The summed E-state index contributed by atoms with van der Waals surface area (Å²) in [5.41, 5.74) is 0.0719.